The molecule has 0 fully saturated rings. The standard InChI is InChI=1S/C59H37N5/c1-3-14-38(15-4-1)44-21-13-22-47(35-44)64-53-33-30-40-17-9-10-23-48(40)56(53)51-36-50-49-24-11-12-25-52(49)63(54(50)37-55(51)64)46-31-28-42(29-32-46)58-60-57(41-18-5-2-6-19-41)61-59(62-58)45-27-26-39-16-7-8-20-43(39)34-45/h1-37H. The van der Waals surface area contributed by atoms with Gasteiger partial charge in [0.1, 0.15) is 0 Å². The number of hydrogen-bond donors (Lipinski definition) is 0. The van der Waals surface area contributed by atoms with Gasteiger partial charge in [0.25, 0.3) is 0 Å². The normalized spacial score (nSPS) is 11.8. The lowest BCUT2D eigenvalue weighted by atomic mass is 10.0. The predicted molar refractivity (Wildman–Crippen MR) is 265 cm³/mol. The fourth-order valence-electron chi connectivity index (χ4n) is 9.70. The number of para-hydroxylation sites is 1. The molecule has 0 aliphatic rings. The number of aromatic nitrogens is 5. The molecule has 0 spiro atoms. The summed E-state index contributed by atoms with van der Waals surface area (Å²) in [4.78, 5) is 15.2. The van der Waals surface area contributed by atoms with Gasteiger partial charge in [0.2, 0.25) is 0 Å². The largest absolute Gasteiger partial charge is 0.309 e. The molecule has 10 aromatic carbocycles. The summed E-state index contributed by atoms with van der Waals surface area (Å²) in [5, 5.41) is 9.71. The van der Waals surface area contributed by atoms with Crippen LogP contribution in [0.2, 0.25) is 0 Å². The van der Waals surface area contributed by atoms with E-state index >= 15 is 0 Å². The number of rotatable bonds is 6. The summed E-state index contributed by atoms with van der Waals surface area (Å²) in [7, 11) is 0. The summed E-state index contributed by atoms with van der Waals surface area (Å²) in [6, 6.07) is 80.0. The predicted octanol–water partition coefficient (Wildman–Crippen LogP) is 15.0. The number of fused-ring (bicyclic) bond motifs is 9. The molecule has 0 saturated heterocycles. The SMILES string of the molecule is c1ccc(-c2cccc(-n3c4cc5c(cc4c4c6ccccc6ccc43)c3ccccc3n5-c3ccc(-c4nc(-c5ccccc5)nc(-c5ccc6ccccc6c5)n4)cc3)c2)cc1. The minimum Gasteiger partial charge on any atom is -0.309 e. The van der Waals surface area contributed by atoms with Crippen molar-refractivity contribution in [2.24, 2.45) is 0 Å². The van der Waals surface area contributed by atoms with E-state index in [1.54, 1.807) is 0 Å². The van der Waals surface area contributed by atoms with Gasteiger partial charge in [-0.15, -0.1) is 0 Å². The highest BCUT2D eigenvalue weighted by atomic mass is 15.0. The molecule has 3 aromatic heterocycles. The average Bonchev–Trinajstić information content (AvgIpc) is 3.88. The summed E-state index contributed by atoms with van der Waals surface area (Å²) in [6.07, 6.45) is 0. The Labute approximate surface area is 368 Å². The third-order valence-corrected chi connectivity index (χ3v) is 12.7. The average molecular weight is 816 g/mol. The van der Waals surface area contributed by atoms with Crippen LogP contribution in [0.3, 0.4) is 0 Å². The van der Waals surface area contributed by atoms with Crippen LogP contribution in [-0.2, 0) is 0 Å². The van der Waals surface area contributed by atoms with Gasteiger partial charge in [0.05, 0.1) is 22.1 Å². The van der Waals surface area contributed by atoms with Crippen molar-refractivity contribution in [3.8, 4) is 56.7 Å². The third kappa shape index (κ3) is 5.83. The van der Waals surface area contributed by atoms with Gasteiger partial charge in [-0.2, -0.15) is 0 Å². The summed E-state index contributed by atoms with van der Waals surface area (Å²) < 4.78 is 4.85. The van der Waals surface area contributed by atoms with Gasteiger partial charge in [-0.3, -0.25) is 0 Å². The molecule has 0 N–H and O–H groups in total. The van der Waals surface area contributed by atoms with Crippen LogP contribution in [0.4, 0.5) is 0 Å². The molecule has 3 heterocycles. The highest BCUT2D eigenvalue weighted by Gasteiger charge is 2.21. The van der Waals surface area contributed by atoms with Crippen LogP contribution in [0.15, 0.2) is 224 Å². The van der Waals surface area contributed by atoms with Gasteiger partial charge in [-0.1, -0.05) is 158 Å². The summed E-state index contributed by atoms with van der Waals surface area (Å²) in [5.41, 5.74) is 12.0. The van der Waals surface area contributed by atoms with Gasteiger partial charge >= 0.3 is 0 Å². The van der Waals surface area contributed by atoms with Crippen LogP contribution in [0.5, 0.6) is 0 Å². The van der Waals surface area contributed by atoms with Crippen molar-refractivity contribution >= 4 is 65.2 Å². The summed E-state index contributed by atoms with van der Waals surface area (Å²) >= 11 is 0. The molecule has 13 rings (SSSR count). The molecule has 13 aromatic rings. The lowest BCUT2D eigenvalue weighted by Crippen LogP contribution is -2.00. The molecule has 0 atom stereocenters. The lowest BCUT2D eigenvalue weighted by molar-refractivity contribution is 1.07. The molecule has 0 aliphatic heterocycles. The first kappa shape index (κ1) is 36.0. The number of nitrogens with zero attached hydrogens (tertiary/aromatic N) is 5. The van der Waals surface area contributed by atoms with Crippen molar-refractivity contribution in [1.82, 2.24) is 24.1 Å². The monoisotopic (exact) mass is 815 g/mol. The van der Waals surface area contributed by atoms with E-state index in [1.807, 2.05) is 30.3 Å². The van der Waals surface area contributed by atoms with Crippen molar-refractivity contribution in [2.45, 2.75) is 0 Å². The molecule has 0 saturated carbocycles. The van der Waals surface area contributed by atoms with E-state index in [0.717, 1.165) is 50.0 Å². The maximum atomic E-state index is 5.11. The molecule has 5 heteroatoms. The second-order valence-corrected chi connectivity index (χ2v) is 16.5. The van der Waals surface area contributed by atoms with Crippen LogP contribution in [-0.4, -0.2) is 24.1 Å². The maximum absolute atomic E-state index is 5.11. The van der Waals surface area contributed by atoms with E-state index in [9.17, 15) is 0 Å². The molecular weight excluding hydrogens is 779 g/mol. The van der Waals surface area contributed by atoms with Crippen LogP contribution in [0.25, 0.3) is 122 Å². The molecule has 0 bridgehead atoms. The topological polar surface area (TPSA) is 48.5 Å². The van der Waals surface area contributed by atoms with Gasteiger partial charge in [0, 0.05) is 49.6 Å². The summed E-state index contributed by atoms with van der Waals surface area (Å²) in [5.74, 6) is 1.91. The Morgan fingerprint density at radius 2 is 0.812 bits per heavy atom. The Hall–Kier alpha value is -8.67. The zero-order valence-corrected chi connectivity index (χ0v) is 34.6. The maximum Gasteiger partial charge on any atom is 0.164 e. The summed E-state index contributed by atoms with van der Waals surface area (Å²) in [6.45, 7) is 0. The van der Waals surface area contributed by atoms with Crippen LogP contribution < -0.4 is 0 Å². The minimum absolute atomic E-state index is 0.627. The Bertz CT molecular complexity index is 3940. The van der Waals surface area contributed by atoms with E-state index in [-0.39, 0.29) is 0 Å². The zero-order valence-electron chi connectivity index (χ0n) is 34.6. The first-order valence-electron chi connectivity index (χ1n) is 21.7. The van der Waals surface area contributed by atoms with E-state index < -0.39 is 0 Å². The fourth-order valence-corrected chi connectivity index (χ4v) is 9.70. The quantitative estimate of drug-likeness (QED) is 0.168. The Balaban J connectivity index is 1.01. The van der Waals surface area contributed by atoms with Crippen molar-refractivity contribution in [2.75, 3.05) is 0 Å². The number of benzene rings is 10. The minimum atomic E-state index is 0.627. The van der Waals surface area contributed by atoms with Gasteiger partial charge in [0.15, 0.2) is 17.5 Å². The van der Waals surface area contributed by atoms with Gasteiger partial charge < -0.3 is 9.13 Å². The van der Waals surface area contributed by atoms with Crippen molar-refractivity contribution in [1.29, 1.82) is 0 Å². The third-order valence-electron chi connectivity index (χ3n) is 12.7. The Kier molecular flexibility index (Phi) is 8.15. The first-order valence-corrected chi connectivity index (χ1v) is 21.7. The molecule has 0 unspecified atom stereocenters. The molecule has 64 heavy (non-hydrogen) atoms. The first-order chi connectivity index (χ1) is 31.7. The molecule has 298 valence electrons. The molecular formula is C59H37N5. The fraction of sp³-hybridized carbons (Fsp3) is 0. The molecule has 0 aliphatic carbocycles. The highest BCUT2D eigenvalue weighted by molar-refractivity contribution is 6.25. The molecule has 0 amide bonds. The highest BCUT2D eigenvalue weighted by Crippen LogP contribution is 2.42. The van der Waals surface area contributed by atoms with Crippen LogP contribution in [0, 0.1) is 0 Å². The Morgan fingerprint density at radius 3 is 1.59 bits per heavy atom. The second-order valence-electron chi connectivity index (χ2n) is 16.5. The second kappa shape index (κ2) is 14.5. The smallest absolute Gasteiger partial charge is 0.164 e. The van der Waals surface area contributed by atoms with Gasteiger partial charge in [-0.05, 0) is 99.4 Å². The molecule has 5 nitrogen and oxygen atoms in total. The van der Waals surface area contributed by atoms with E-state index in [0.29, 0.717) is 17.5 Å². The zero-order chi connectivity index (χ0) is 42.1. The molecule has 0 radical (unpaired) electrons. The lowest BCUT2D eigenvalue weighted by Gasteiger charge is -2.12. The Morgan fingerprint density at radius 1 is 0.250 bits per heavy atom. The van der Waals surface area contributed by atoms with E-state index in [1.165, 1.54) is 54.3 Å². The van der Waals surface area contributed by atoms with Crippen LogP contribution in [0.1, 0.15) is 0 Å². The van der Waals surface area contributed by atoms with E-state index in [2.05, 4.69) is 203 Å². The van der Waals surface area contributed by atoms with E-state index in [4.69, 9.17) is 15.0 Å². The van der Waals surface area contributed by atoms with Crippen LogP contribution >= 0.6 is 0 Å². The number of hydrogen-bond acceptors (Lipinski definition) is 3. The van der Waals surface area contributed by atoms with Crippen molar-refractivity contribution < 1.29 is 0 Å². The van der Waals surface area contributed by atoms with Gasteiger partial charge in [-0.25, -0.2) is 15.0 Å². The van der Waals surface area contributed by atoms with Crippen molar-refractivity contribution in [3.63, 3.8) is 0 Å². The van der Waals surface area contributed by atoms with Crippen molar-refractivity contribution in [3.05, 3.63) is 224 Å².